The first-order valence-corrected chi connectivity index (χ1v) is 6.88. The predicted molar refractivity (Wildman–Crippen MR) is 70.2 cm³/mol. The van der Waals surface area contributed by atoms with E-state index in [2.05, 4.69) is 29.4 Å². The van der Waals surface area contributed by atoms with Crippen molar-refractivity contribution in [1.82, 2.24) is 20.1 Å². The van der Waals surface area contributed by atoms with Gasteiger partial charge in [0.2, 0.25) is 0 Å². The lowest BCUT2D eigenvalue weighted by molar-refractivity contribution is 0.232. The molecular formula is C11H22N4OS. The van der Waals surface area contributed by atoms with E-state index in [0.717, 1.165) is 23.2 Å². The monoisotopic (exact) mass is 258 g/mol. The van der Waals surface area contributed by atoms with Gasteiger partial charge in [-0.2, -0.15) is 0 Å². The topological polar surface area (TPSA) is 63.0 Å². The van der Waals surface area contributed by atoms with Gasteiger partial charge in [-0.1, -0.05) is 25.6 Å². The van der Waals surface area contributed by atoms with Gasteiger partial charge in [0.1, 0.15) is 5.82 Å². The molecule has 2 N–H and O–H groups in total. The summed E-state index contributed by atoms with van der Waals surface area (Å²) in [6, 6.07) is 0.561. The molecule has 1 heterocycles. The molecule has 0 radical (unpaired) electrons. The van der Waals surface area contributed by atoms with Gasteiger partial charge in [-0.3, -0.25) is 0 Å². The summed E-state index contributed by atoms with van der Waals surface area (Å²) < 4.78 is 1.98. The second kappa shape index (κ2) is 6.98. The summed E-state index contributed by atoms with van der Waals surface area (Å²) in [6.45, 7) is 6.29. The molecule has 0 saturated carbocycles. The lowest BCUT2D eigenvalue weighted by Crippen LogP contribution is -2.37. The van der Waals surface area contributed by atoms with Crippen LogP contribution in [0.3, 0.4) is 0 Å². The van der Waals surface area contributed by atoms with Crippen molar-refractivity contribution >= 4 is 11.8 Å². The Morgan fingerprint density at radius 3 is 2.59 bits per heavy atom. The Kier molecular flexibility index (Phi) is 5.94. The molecule has 0 bridgehead atoms. The molecule has 0 aromatic carbocycles. The van der Waals surface area contributed by atoms with Gasteiger partial charge in [0, 0.05) is 24.9 Å². The molecule has 0 amide bonds. The summed E-state index contributed by atoms with van der Waals surface area (Å²) in [5.74, 6) is 1.85. The van der Waals surface area contributed by atoms with Crippen LogP contribution in [0, 0.1) is 6.92 Å². The number of hydrogen-bond donors (Lipinski definition) is 2. The van der Waals surface area contributed by atoms with E-state index in [0.29, 0.717) is 6.04 Å². The molecule has 0 aliphatic carbocycles. The molecule has 5 nitrogen and oxygen atoms in total. The molecular weight excluding hydrogens is 236 g/mol. The molecule has 17 heavy (non-hydrogen) atoms. The van der Waals surface area contributed by atoms with Crippen molar-refractivity contribution in [2.45, 2.75) is 44.4 Å². The molecule has 0 aliphatic heterocycles. The lowest BCUT2D eigenvalue weighted by atomic mass is 10.2. The minimum absolute atomic E-state index is 0.164. The Morgan fingerprint density at radius 2 is 2.12 bits per heavy atom. The lowest BCUT2D eigenvalue weighted by Gasteiger charge is -2.18. The number of aryl methyl sites for hydroxylation is 1. The number of rotatable bonds is 7. The Hall–Kier alpha value is -0.590. The van der Waals surface area contributed by atoms with Crippen LogP contribution in [0.2, 0.25) is 0 Å². The van der Waals surface area contributed by atoms with E-state index >= 15 is 0 Å². The SMILES string of the molecule is Cc1nnc(SCCC(CO)NC(C)C)n1C. The zero-order valence-electron chi connectivity index (χ0n) is 11.0. The van der Waals surface area contributed by atoms with E-state index in [-0.39, 0.29) is 12.6 Å². The van der Waals surface area contributed by atoms with Crippen LogP contribution in [-0.2, 0) is 7.05 Å². The highest BCUT2D eigenvalue weighted by Gasteiger charge is 2.10. The maximum Gasteiger partial charge on any atom is 0.190 e. The average Bonchev–Trinajstić information content (AvgIpc) is 2.59. The predicted octanol–water partition coefficient (Wildman–Crippen LogP) is 0.965. The quantitative estimate of drug-likeness (QED) is 0.713. The summed E-state index contributed by atoms with van der Waals surface area (Å²) in [5, 5.41) is 21.6. The van der Waals surface area contributed by atoms with Crippen molar-refractivity contribution in [3.05, 3.63) is 5.82 Å². The Bertz CT molecular complexity index is 340. The molecule has 0 saturated heterocycles. The van der Waals surface area contributed by atoms with Crippen LogP contribution >= 0.6 is 11.8 Å². The molecule has 0 spiro atoms. The summed E-state index contributed by atoms with van der Waals surface area (Å²) >= 11 is 1.68. The zero-order valence-corrected chi connectivity index (χ0v) is 11.8. The molecule has 0 aliphatic rings. The van der Waals surface area contributed by atoms with E-state index < -0.39 is 0 Å². The van der Waals surface area contributed by atoms with Crippen LogP contribution in [0.5, 0.6) is 0 Å². The maximum atomic E-state index is 9.23. The first-order valence-electron chi connectivity index (χ1n) is 5.90. The van der Waals surface area contributed by atoms with Crippen molar-refractivity contribution in [1.29, 1.82) is 0 Å². The number of hydrogen-bond acceptors (Lipinski definition) is 5. The van der Waals surface area contributed by atoms with Crippen LogP contribution in [-0.4, -0.2) is 44.3 Å². The molecule has 1 rings (SSSR count). The molecule has 1 aromatic rings. The largest absolute Gasteiger partial charge is 0.395 e. The first kappa shape index (κ1) is 14.5. The standard InChI is InChI=1S/C11H22N4OS/c1-8(2)12-10(7-16)5-6-17-11-14-13-9(3)15(11)4/h8,10,12,16H,5-7H2,1-4H3. The van der Waals surface area contributed by atoms with E-state index in [4.69, 9.17) is 0 Å². The Balaban J connectivity index is 2.33. The van der Waals surface area contributed by atoms with Crippen LogP contribution in [0.4, 0.5) is 0 Å². The molecule has 6 heteroatoms. The summed E-state index contributed by atoms with van der Waals surface area (Å²) in [5.41, 5.74) is 0. The van der Waals surface area contributed by atoms with Gasteiger partial charge in [0.15, 0.2) is 5.16 Å². The third kappa shape index (κ3) is 4.65. The van der Waals surface area contributed by atoms with E-state index in [1.54, 1.807) is 11.8 Å². The first-order chi connectivity index (χ1) is 8.04. The molecule has 1 atom stereocenters. The third-order valence-electron chi connectivity index (χ3n) is 2.54. The number of aliphatic hydroxyl groups excluding tert-OH is 1. The van der Waals surface area contributed by atoms with Gasteiger partial charge in [0.25, 0.3) is 0 Å². The highest BCUT2D eigenvalue weighted by molar-refractivity contribution is 7.99. The fourth-order valence-electron chi connectivity index (χ4n) is 1.50. The van der Waals surface area contributed by atoms with Gasteiger partial charge in [-0.05, 0) is 13.3 Å². The second-order valence-electron chi connectivity index (χ2n) is 4.43. The van der Waals surface area contributed by atoms with Crippen LogP contribution in [0.15, 0.2) is 5.16 Å². The zero-order chi connectivity index (χ0) is 12.8. The fraction of sp³-hybridized carbons (Fsp3) is 0.818. The molecule has 1 unspecified atom stereocenters. The highest BCUT2D eigenvalue weighted by atomic mass is 32.2. The van der Waals surface area contributed by atoms with E-state index in [1.807, 2.05) is 18.5 Å². The van der Waals surface area contributed by atoms with Crippen molar-refractivity contribution < 1.29 is 5.11 Å². The minimum Gasteiger partial charge on any atom is -0.395 e. The van der Waals surface area contributed by atoms with Gasteiger partial charge in [-0.25, -0.2) is 0 Å². The molecule has 1 aromatic heterocycles. The van der Waals surface area contributed by atoms with Crippen LogP contribution in [0.25, 0.3) is 0 Å². The third-order valence-corrected chi connectivity index (χ3v) is 3.59. The van der Waals surface area contributed by atoms with Crippen molar-refractivity contribution in [3.63, 3.8) is 0 Å². The van der Waals surface area contributed by atoms with Crippen molar-refractivity contribution in [2.75, 3.05) is 12.4 Å². The van der Waals surface area contributed by atoms with Gasteiger partial charge >= 0.3 is 0 Å². The smallest absolute Gasteiger partial charge is 0.190 e. The Labute approximate surface area is 107 Å². The van der Waals surface area contributed by atoms with Crippen molar-refractivity contribution in [3.8, 4) is 0 Å². The second-order valence-corrected chi connectivity index (χ2v) is 5.49. The summed E-state index contributed by atoms with van der Waals surface area (Å²) in [7, 11) is 1.97. The summed E-state index contributed by atoms with van der Waals surface area (Å²) in [4.78, 5) is 0. The normalized spacial score (nSPS) is 13.3. The highest BCUT2D eigenvalue weighted by Crippen LogP contribution is 2.16. The Morgan fingerprint density at radius 1 is 1.41 bits per heavy atom. The molecule has 98 valence electrons. The van der Waals surface area contributed by atoms with Gasteiger partial charge in [-0.15, -0.1) is 10.2 Å². The van der Waals surface area contributed by atoms with Gasteiger partial charge < -0.3 is 15.0 Å². The average molecular weight is 258 g/mol. The number of nitrogens with zero attached hydrogens (tertiary/aromatic N) is 3. The number of thioether (sulfide) groups is 1. The minimum atomic E-state index is 0.164. The number of aromatic nitrogens is 3. The molecule has 0 fully saturated rings. The number of nitrogens with one attached hydrogen (secondary N) is 1. The van der Waals surface area contributed by atoms with Crippen molar-refractivity contribution in [2.24, 2.45) is 7.05 Å². The summed E-state index contributed by atoms with van der Waals surface area (Å²) in [6.07, 6.45) is 0.922. The van der Waals surface area contributed by atoms with E-state index in [1.165, 1.54) is 0 Å². The van der Waals surface area contributed by atoms with Crippen LogP contribution in [0.1, 0.15) is 26.1 Å². The van der Waals surface area contributed by atoms with Crippen LogP contribution < -0.4 is 5.32 Å². The van der Waals surface area contributed by atoms with Gasteiger partial charge in [0.05, 0.1) is 6.61 Å². The van der Waals surface area contributed by atoms with E-state index in [9.17, 15) is 5.11 Å². The fourth-order valence-corrected chi connectivity index (χ4v) is 2.51. The maximum absolute atomic E-state index is 9.23. The number of aliphatic hydroxyl groups is 1.